The lowest BCUT2D eigenvalue weighted by molar-refractivity contribution is 0.548. The predicted molar refractivity (Wildman–Crippen MR) is 63.0 cm³/mol. The van der Waals surface area contributed by atoms with Gasteiger partial charge < -0.3 is 5.73 Å². The molecule has 0 fully saturated rings. The van der Waals surface area contributed by atoms with E-state index >= 15 is 0 Å². The number of nitrogens with zero attached hydrogens (tertiary/aromatic N) is 4. The fraction of sp³-hybridized carbons (Fsp3) is 0.455. The Morgan fingerprint density at radius 2 is 2.19 bits per heavy atom. The summed E-state index contributed by atoms with van der Waals surface area (Å²) >= 11 is 0. The lowest BCUT2D eigenvalue weighted by atomic mass is 10.4. The fourth-order valence-corrected chi connectivity index (χ4v) is 1.75. The van der Waals surface area contributed by atoms with Crippen molar-refractivity contribution in [1.82, 2.24) is 19.6 Å². The molecule has 0 radical (unpaired) electrons. The Kier molecular flexibility index (Phi) is 2.94. The Bertz CT molecular complexity index is 468. The topological polar surface area (TPSA) is 61.7 Å². The summed E-state index contributed by atoms with van der Waals surface area (Å²) in [6.45, 7) is 5.69. The first kappa shape index (κ1) is 10.7. The highest BCUT2D eigenvalue weighted by Gasteiger charge is 2.06. The van der Waals surface area contributed by atoms with Crippen LogP contribution in [0.2, 0.25) is 0 Å². The molecule has 2 rings (SSSR count). The maximum absolute atomic E-state index is 5.85. The third-order valence-corrected chi connectivity index (χ3v) is 2.48. The highest BCUT2D eigenvalue weighted by molar-refractivity contribution is 5.30. The average Bonchev–Trinajstić information content (AvgIpc) is 2.77. The molecule has 0 atom stereocenters. The number of aryl methyl sites for hydroxylation is 2. The second-order valence-corrected chi connectivity index (χ2v) is 3.91. The second kappa shape index (κ2) is 4.38. The van der Waals surface area contributed by atoms with Gasteiger partial charge in [0.1, 0.15) is 5.82 Å². The molecule has 5 heteroatoms. The van der Waals surface area contributed by atoms with Gasteiger partial charge in [-0.25, -0.2) is 4.68 Å². The molecular weight excluding hydrogens is 202 g/mol. The highest BCUT2D eigenvalue weighted by Crippen LogP contribution is 2.09. The second-order valence-electron chi connectivity index (χ2n) is 3.91. The first-order valence-electron chi connectivity index (χ1n) is 5.51. The summed E-state index contributed by atoms with van der Waals surface area (Å²) in [7, 11) is 0. The minimum atomic E-state index is 0.680. The van der Waals surface area contributed by atoms with Gasteiger partial charge in [-0.1, -0.05) is 6.92 Å². The van der Waals surface area contributed by atoms with Crippen LogP contribution in [-0.2, 0) is 13.1 Å². The Balaban J connectivity index is 2.20. The smallest absolute Gasteiger partial charge is 0.122 e. The monoisotopic (exact) mass is 219 g/mol. The molecule has 0 bridgehead atoms. The first-order chi connectivity index (χ1) is 7.70. The number of anilines is 1. The van der Waals surface area contributed by atoms with Gasteiger partial charge in [-0.2, -0.15) is 10.2 Å². The molecule has 0 aliphatic carbocycles. The van der Waals surface area contributed by atoms with Crippen LogP contribution in [0.3, 0.4) is 0 Å². The maximum atomic E-state index is 5.85. The van der Waals surface area contributed by atoms with Crippen molar-refractivity contribution >= 4 is 5.82 Å². The molecule has 0 amide bonds. The van der Waals surface area contributed by atoms with E-state index in [2.05, 4.69) is 17.1 Å². The molecule has 0 unspecified atom stereocenters. The third-order valence-electron chi connectivity index (χ3n) is 2.48. The predicted octanol–water partition coefficient (Wildman–Crippen LogP) is 1.43. The lowest BCUT2D eigenvalue weighted by Gasteiger charge is -2.07. The Labute approximate surface area is 94.9 Å². The van der Waals surface area contributed by atoms with Crippen LogP contribution in [0.1, 0.15) is 24.7 Å². The molecule has 0 aliphatic rings. The van der Waals surface area contributed by atoms with E-state index in [1.807, 2.05) is 29.9 Å². The van der Waals surface area contributed by atoms with Crippen LogP contribution in [0.15, 0.2) is 18.3 Å². The van der Waals surface area contributed by atoms with E-state index in [9.17, 15) is 0 Å². The molecule has 0 aromatic carbocycles. The van der Waals surface area contributed by atoms with E-state index in [-0.39, 0.29) is 0 Å². The molecular formula is C11H17N5. The first-order valence-corrected chi connectivity index (χ1v) is 5.51. The van der Waals surface area contributed by atoms with Gasteiger partial charge in [0.2, 0.25) is 0 Å². The minimum Gasteiger partial charge on any atom is -0.384 e. The Hall–Kier alpha value is -1.78. The molecule has 2 N–H and O–H groups in total. The molecule has 0 aliphatic heterocycles. The quantitative estimate of drug-likeness (QED) is 0.846. The average molecular weight is 219 g/mol. The number of nitrogens with two attached hydrogens (primary N) is 1. The van der Waals surface area contributed by atoms with Crippen LogP contribution in [0, 0.1) is 6.92 Å². The normalized spacial score (nSPS) is 10.9. The van der Waals surface area contributed by atoms with Crippen LogP contribution >= 0.6 is 0 Å². The molecule has 2 heterocycles. The molecule has 0 saturated heterocycles. The summed E-state index contributed by atoms with van der Waals surface area (Å²) in [5.74, 6) is 0.696. The number of aromatic nitrogens is 4. The summed E-state index contributed by atoms with van der Waals surface area (Å²) in [4.78, 5) is 0. The van der Waals surface area contributed by atoms with E-state index in [0.717, 1.165) is 24.4 Å². The van der Waals surface area contributed by atoms with Gasteiger partial charge in [-0.15, -0.1) is 0 Å². The van der Waals surface area contributed by atoms with Gasteiger partial charge in [-0.3, -0.25) is 4.68 Å². The van der Waals surface area contributed by atoms with E-state index in [1.165, 1.54) is 0 Å². The van der Waals surface area contributed by atoms with Crippen LogP contribution in [0.5, 0.6) is 0 Å². The fourth-order valence-electron chi connectivity index (χ4n) is 1.75. The van der Waals surface area contributed by atoms with Crippen molar-refractivity contribution in [2.45, 2.75) is 33.4 Å². The molecule has 2 aromatic rings. The van der Waals surface area contributed by atoms with E-state index in [1.54, 1.807) is 4.68 Å². The Morgan fingerprint density at radius 1 is 1.38 bits per heavy atom. The van der Waals surface area contributed by atoms with Crippen molar-refractivity contribution in [3.63, 3.8) is 0 Å². The van der Waals surface area contributed by atoms with Crippen molar-refractivity contribution in [2.75, 3.05) is 5.73 Å². The summed E-state index contributed by atoms with van der Waals surface area (Å²) in [5, 5.41) is 8.61. The maximum Gasteiger partial charge on any atom is 0.122 e. The van der Waals surface area contributed by atoms with Crippen molar-refractivity contribution in [1.29, 1.82) is 0 Å². The molecule has 0 spiro atoms. The van der Waals surface area contributed by atoms with E-state index in [0.29, 0.717) is 12.4 Å². The molecule has 16 heavy (non-hydrogen) atoms. The van der Waals surface area contributed by atoms with Crippen molar-refractivity contribution in [2.24, 2.45) is 0 Å². The molecule has 0 saturated carbocycles. The summed E-state index contributed by atoms with van der Waals surface area (Å²) in [6.07, 6.45) is 2.89. The minimum absolute atomic E-state index is 0.680. The summed E-state index contributed by atoms with van der Waals surface area (Å²) < 4.78 is 3.80. The molecule has 5 nitrogen and oxygen atoms in total. The highest BCUT2D eigenvalue weighted by atomic mass is 15.3. The van der Waals surface area contributed by atoms with Gasteiger partial charge >= 0.3 is 0 Å². The zero-order chi connectivity index (χ0) is 11.5. The van der Waals surface area contributed by atoms with Gasteiger partial charge in [-0.05, 0) is 19.4 Å². The van der Waals surface area contributed by atoms with Gasteiger partial charge in [0.05, 0.1) is 17.9 Å². The van der Waals surface area contributed by atoms with E-state index < -0.39 is 0 Å². The number of nitrogen functional groups attached to an aromatic ring is 1. The SMILES string of the molecule is CCCn1nccc1Cn1nc(C)cc1N. The van der Waals surface area contributed by atoms with Crippen LogP contribution in [0.25, 0.3) is 0 Å². The number of hydrogen-bond donors (Lipinski definition) is 1. The van der Waals surface area contributed by atoms with Gasteiger partial charge in [0, 0.05) is 18.8 Å². The van der Waals surface area contributed by atoms with Crippen molar-refractivity contribution < 1.29 is 0 Å². The zero-order valence-corrected chi connectivity index (χ0v) is 9.72. The summed E-state index contributed by atoms with van der Waals surface area (Å²) in [6, 6.07) is 3.88. The van der Waals surface area contributed by atoms with Gasteiger partial charge in [0.15, 0.2) is 0 Å². The zero-order valence-electron chi connectivity index (χ0n) is 9.72. The Morgan fingerprint density at radius 3 is 2.81 bits per heavy atom. The van der Waals surface area contributed by atoms with Gasteiger partial charge in [0.25, 0.3) is 0 Å². The van der Waals surface area contributed by atoms with E-state index in [4.69, 9.17) is 5.73 Å². The lowest BCUT2D eigenvalue weighted by Crippen LogP contribution is -2.11. The van der Waals surface area contributed by atoms with Crippen LogP contribution < -0.4 is 5.73 Å². The van der Waals surface area contributed by atoms with Crippen LogP contribution in [-0.4, -0.2) is 19.6 Å². The summed E-state index contributed by atoms with van der Waals surface area (Å²) in [5.41, 5.74) is 7.93. The number of hydrogen-bond acceptors (Lipinski definition) is 3. The van der Waals surface area contributed by atoms with Crippen molar-refractivity contribution in [3.05, 3.63) is 29.7 Å². The number of rotatable bonds is 4. The third kappa shape index (κ3) is 2.08. The molecule has 2 aromatic heterocycles. The van der Waals surface area contributed by atoms with Crippen LogP contribution in [0.4, 0.5) is 5.82 Å². The van der Waals surface area contributed by atoms with Crippen molar-refractivity contribution in [3.8, 4) is 0 Å². The molecule has 86 valence electrons. The standard InChI is InChI=1S/C11H17N5/c1-3-6-15-10(4-5-13-15)8-16-11(12)7-9(2)14-16/h4-5,7H,3,6,8,12H2,1-2H3. The largest absolute Gasteiger partial charge is 0.384 e.